The highest BCUT2D eigenvalue weighted by molar-refractivity contribution is 7.85. The largest absolute Gasteiger partial charge is 0.354 e. The molecule has 8 heteroatoms. The first-order chi connectivity index (χ1) is 13.3. The van der Waals surface area contributed by atoms with Gasteiger partial charge in [0.15, 0.2) is 0 Å². The highest BCUT2D eigenvalue weighted by Gasteiger charge is 2.20. The molecule has 0 radical (unpaired) electrons. The molecule has 28 heavy (non-hydrogen) atoms. The fraction of sp³-hybridized carbons (Fsp3) is 0.500. The third-order valence-corrected chi connectivity index (χ3v) is 6.86. The number of piperazine rings is 1. The Morgan fingerprint density at radius 2 is 1.82 bits per heavy atom. The molecule has 1 fully saturated rings. The van der Waals surface area contributed by atoms with E-state index in [0.29, 0.717) is 26.6 Å². The third-order valence-electron chi connectivity index (χ3n) is 4.80. The van der Waals surface area contributed by atoms with Crippen LogP contribution in [0.15, 0.2) is 29.2 Å². The van der Waals surface area contributed by atoms with E-state index >= 15 is 0 Å². The summed E-state index contributed by atoms with van der Waals surface area (Å²) in [7, 11) is -1.16. The monoisotopic (exact) mass is 440 g/mol. The summed E-state index contributed by atoms with van der Waals surface area (Å²) in [5.74, 6) is 2.76. The molecular weight excluding hydrogens is 415 g/mol. The molecule has 1 saturated heterocycles. The molecule has 1 aliphatic rings. The van der Waals surface area contributed by atoms with Crippen molar-refractivity contribution < 1.29 is 4.21 Å². The Labute approximate surface area is 179 Å². The molecule has 1 aliphatic heterocycles. The zero-order chi connectivity index (χ0) is 20.3. The van der Waals surface area contributed by atoms with Crippen molar-refractivity contribution in [3.8, 4) is 0 Å². The van der Waals surface area contributed by atoms with Gasteiger partial charge < -0.3 is 4.90 Å². The first-order valence-electron chi connectivity index (χ1n) is 9.50. The van der Waals surface area contributed by atoms with E-state index in [4.69, 9.17) is 28.2 Å². The van der Waals surface area contributed by atoms with Gasteiger partial charge in [0.05, 0.1) is 20.7 Å². The molecule has 152 valence electrons. The highest BCUT2D eigenvalue weighted by Crippen LogP contribution is 2.24. The van der Waals surface area contributed by atoms with Gasteiger partial charge in [-0.3, -0.25) is 9.11 Å². The molecule has 0 saturated carbocycles. The molecule has 2 heterocycles. The van der Waals surface area contributed by atoms with Gasteiger partial charge in [0.1, 0.15) is 11.6 Å². The van der Waals surface area contributed by atoms with Crippen molar-refractivity contribution >= 4 is 39.8 Å². The van der Waals surface area contributed by atoms with E-state index in [1.165, 1.54) is 0 Å². The molecule has 2 aromatic rings. The SMILES string of the molecule is Cc1cc(N2CCN(CC[S@@](=O)c3cc(Cl)ccc3Cl)CC2)nc(C(C)C)n1. The van der Waals surface area contributed by atoms with E-state index in [1.54, 1.807) is 18.2 Å². The standard InChI is InChI=1S/C20H26Cl2N4OS/c1-14(2)20-23-15(3)12-19(24-20)26-8-6-25(7-9-26)10-11-28(27)18-13-16(21)4-5-17(18)22/h4-5,12-14H,6-11H2,1-3H3/t28-/m1/s1. The Morgan fingerprint density at radius 1 is 1.11 bits per heavy atom. The van der Waals surface area contributed by atoms with Crippen LogP contribution >= 0.6 is 23.2 Å². The number of rotatable bonds is 6. The highest BCUT2D eigenvalue weighted by atomic mass is 35.5. The summed E-state index contributed by atoms with van der Waals surface area (Å²) in [5, 5.41) is 1.06. The normalized spacial score (nSPS) is 16.6. The van der Waals surface area contributed by atoms with Crippen LogP contribution < -0.4 is 4.90 Å². The van der Waals surface area contributed by atoms with Gasteiger partial charge >= 0.3 is 0 Å². The van der Waals surface area contributed by atoms with Crippen LogP contribution in [-0.2, 0) is 10.8 Å². The van der Waals surface area contributed by atoms with Gasteiger partial charge in [0.2, 0.25) is 0 Å². The Bertz CT molecular complexity index is 854. The van der Waals surface area contributed by atoms with E-state index < -0.39 is 10.8 Å². The summed E-state index contributed by atoms with van der Waals surface area (Å²) < 4.78 is 12.6. The number of anilines is 1. The fourth-order valence-corrected chi connectivity index (χ4v) is 4.97. The minimum atomic E-state index is -1.16. The molecule has 5 nitrogen and oxygen atoms in total. The quantitative estimate of drug-likeness (QED) is 0.674. The lowest BCUT2D eigenvalue weighted by Crippen LogP contribution is -2.47. The van der Waals surface area contributed by atoms with Gasteiger partial charge in [-0.2, -0.15) is 0 Å². The number of aryl methyl sites for hydroxylation is 1. The Hall–Kier alpha value is -1.21. The lowest BCUT2D eigenvalue weighted by Gasteiger charge is -2.35. The minimum Gasteiger partial charge on any atom is -0.354 e. The van der Waals surface area contributed by atoms with Crippen LogP contribution in [0.1, 0.15) is 31.3 Å². The maximum atomic E-state index is 12.6. The maximum Gasteiger partial charge on any atom is 0.133 e. The maximum absolute atomic E-state index is 12.6. The average molecular weight is 441 g/mol. The zero-order valence-electron chi connectivity index (χ0n) is 16.5. The Balaban J connectivity index is 1.55. The van der Waals surface area contributed by atoms with E-state index in [2.05, 4.69) is 34.7 Å². The number of hydrogen-bond donors (Lipinski definition) is 0. The first-order valence-corrected chi connectivity index (χ1v) is 11.6. The number of halogens is 2. The van der Waals surface area contributed by atoms with Gasteiger partial charge in [-0.25, -0.2) is 9.97 Å². The predicted molar refractivity (Wildman–Crippen MR) is 117 cm³/mol. The summed E-state index contributed by atoms with van der Waals surface area (Å²) in [4.78, 5) is 14.5. The van der Waals surface area contributed by atoms with E-state index in [-0.39, 0.29) is 0 Å². The molecule has 1 atom stereocenters. The van der Waals surface area contributed by atoms with Crippen molar-refractivity contribution in [3.63, 3.8) is 0 Å². The topological polar surface area (TPSA) is 49.3 Å². The summed E-state index contributed by atoms with van der Waals surface area (Å²) in [6.45, 7) is 10.6. The number of aromatic nitrogens is 2. The molecular formula is C20H26Cl2N4OS. The minimum absolute atomic E-state index is 0.313. The summed E-state index contributed by atoms with van der Waals surface area (Å²) in [5.41, 5.74) is 1.00. The van der Waals surface area contributed by atoms with E-state index in [1.807, 2.05) is 6.92 Å². The van der Waals surface area contributed by atoms with E-state index in [9.17, 15) is 4.21 Å². The van der Waals surface area contributed by atoms with Crippen LogP contribution in [0.3, 0.4) is 0 Å². The molecule has 1 aromatic heterocycles. The molecule has 0 aliphatic carbocycles. The Kier molecular flexibility index (Phi) is 7.31. The van der Waals surface area contributed by atoms with Crippen molar-refractivity contribution in [2.75, 3.05) is 43.4 Å². The lowest BCUT2D eigenvalue weighted by atomic mass is 10.2. The van der Waals surface area contributed by atoms with Crippen LogP contribution in [0.5, 0.6) is 0 Å². The van der Waals surface area contributed by atoms with Crippen molar-refractivity contribution in [1.29, 1.82) is 0 Å². The second kappa shape index (κ2) is 9.53. The third kappa shape index (κ3) is 5.44. The van der Waals surface area contributed by atoms with Gasteiger partial charge in [-0.1, -0.05) is 37.0 Å². The molecule has 0 unspecified atom stereocenters. The first kappa shape index (κ1) is 21.5. The molecule has 3 rings (SSSR count). The predicted octanol–water partition coefficient (Wildman–Crippen LogP) is 4.15. The van der Waals surface area contributed by atoms with Crippen LogP contribution in [-0.4, -0.2) is 57.6 Å². The molecule has 0 N–H and O–H groups in total. The molecule has 1 aromatic carbocycles. The van der Waals surface area contributed by atoms with Crippen LogP contribution in [0, 0.1) is 6.92 Å². The summed E-state index contributed by atoms with van der Waals surface area (Å²) in [6.07, 6.45) is 0. The molecule has 0 amide bonds. The average Bonchev–Trinajstić information content (AvgIpc) is 2.68. The number of nitrogens with zero attached hydrogens (tertiary/aromatic N) is 4. The zero-order valence-corrected chi connectivity index (χ0v) is 18.8. The van der Waals surface area contributed by atoms with E-state index in [0.717, 1.165) is 50.1 Å². The fourth-order valence-electron chi connectivity index (χ4n) is 3.17. The number of hydrogen-bond acceptors (Lipinski definition) is 5. The van der Waals surface area contributed by atoms with Gasteiger partial charge in [0, 0.05) is 61.2 Å². The summed E-state index contributed by atoms with van der Waals surface area (Å²) >= 11 is 12.2. The van der Waals surface area contributed by atoms with Crippen LogP contribution in [0.25, 0.3) is 0 Å². The van der Waals surface area contributed by atoms with Crippen molar-refractivity contribution in [2.45, 2.75) is 31.6 Å². The smallest absolute Gasteiger partial charge is 0.133 e. The van der Waals surface area contributed by atoms with Crippen molar-refractivity contribution in [3.05, 3.63) is 45.8 Å². The lowest BCUT2D eigenvalue weighted by molar-refractivity contribution is 0.272. The van der Waals surface area contributed by atoms with Crippen LogP contribution in [0.2, 0.25) is 10.0 Å². The van der Waals surface area contributed by atoms with Gasteiger partial charge in [-0.05, 0) is 25.1 Å². The van der Waals surface area contributed by atoms with Crippen molar-refractivity contribution in [1.82, 2.24) is 14.9 Å². The van der Waals surface area contributed by atoms with Gasteiger partial charge in [-0.15, -0.1) is 0 Å². The summed E-state index contributed by atoms with van der Waals surface area (Å²) in [6, 6.07) is 7.16. The second-order valence-corrected chi connectivity index (χ2v) is 9.72. The van der Waals surface area contributed by atoms with Crippen molar-refractivity contribution in [2.24, 2.45) is 0 Å². The van der Waals surface area contributed by atoms with Crippen LogP contribution in [0.4, 0.5) is 5.82 Å². The second-order valence-electron chi connectivity index (χ2n) is 7.33. The Morgan fingerprint density at radius 3 is 2.50 bits per heavy atom. The molecule has 0 spiro atoms. The number of benzene rings is 1. The molecule has 0 bridgehead atoms. The van der Waals surface area contributed by atoms with Gasteiger partial charge in [0.25, 0.3) is 0 Å².